The second kappa shape index (κ2) is 12.4. The van der Waals surface area contributed by atoms with Gasteiger partial charge in [-0.3, -0.25) is 19.2 Å². The molecule has 0 spiro atoms. The Labute approximate surface area is 184 Å². The summed E-state index contributed by atoms with van der Waals surface area (Å²) in [7, 11) is 0. The lowest BCUT2D eigenvalue weighted by atomic mass is 10.0. The first-order valence-corrected chi connectivity index (χ1v) is 10.0. The number of nitrogens with zero attached hydrogens (tertiary/aromatic N) is 1. The lowest BCUT2D eigenvalue weighted by Gasteiger charge is -2.24. The van der Waals surface area contributed by atoms with Crippen molar-refractivity contribution in [1.29, 1.82) is 0 Å². The van der Waals surface area contributed by atoms with Gasteiger partial charge < -0.3 is 36.9 Å². The first-order valence-electron chi connectivity index (χ1n) is 10.0. The summed E-state index contributed by atoms with van der Waals surface area (Å²) < 4.78 is 0. The summed E-state index contributed by atoms with van der Waals surface area (Å²) in [6.07, 6.45) is 1.96. The van der Waals surface area contributed by atoms with Gasteiger partial charge in [0.05, 0.1) is 12.4 Å². The molecule has 0 aromatic carbocycles. The van der Waals surface area contributed by atoms with Crippen molar-refractivity contribution in [3.63, 3.8) is 0 Å². The first kappa shape index (κ1) is 26.6. The molecule has 4 atom stereocenters. The second-order valence-corrected chi connectivity index (χ2v) is 7.67. The SMILES string of the molecule is CC(NC(=O)C(N)C(C)C)C(=O)NC(Cc1cnc[nH]1)C(=O)NC(CCC(=O)O)C(=O)O. The summed E-state index contributed by atoms with van der Waals surface area (Å²) in [5.74, 6) is -4.82. The fourth-order valence-corrected chi connectivity index (χ4v) is 2.60. The minimum atomic E-state index is -1.46. The molecular weight excluding hydrogens is 424 g/mol. The number of carbonyl (C=O) groups excluding carboxylic acids is 3. The molecule has 13 heteroatoms. The smallest absolute Gasteiger partial charge is 0.326 e. The average molecular weight is 454 g/mol. The number of aromatic nitrogens is 2. The molecule has 0 aliphatic rings. The Morgan fingerprint density at radius 2 is 1.62 bits per heavy atom. The number of carboxylic acids is 2. The van der Waals surface area contributed by atoms with Crippen LogP contribution in [0.1, 0.15) is 39.3 Å². The number of nitrogens with two attached hydrogens (primary N) is 1. The van der Waals surface area contributed by atoms with Crippen LogP contribution in [0.3, 0.4) is 0 Å². The Morgan fingerprint density at radius 1 is 1.00 bits per heavy atom. The van der Waals surface area contributed by atoms with Gasteiger partial charge in [0.15, 0.2) is 0 Å². The van der Waals surface area contributed by atoms with Crippen molar-refractivity contribution in [2.45, 2.75) is 64.2 Å². The number of nitrogens with one attached hydrogen (secondary N) is 4. The lowest BCUT2D eigenvalue weighted by Crippen LogP contribution is -2.57. The molecule has 178 valence electrons. The number of hydrogen-bond acceptors (Lipinski definition) is 7. The summed E-state index contributed by atoms with van der Waals surface area (Å²) in [6, 6.07) is -4.51. The molecule has 0 aliphatic heterocycles. The van der Waals surface area contributed by atoms with Crippen LogP contribution in [-0.2, 0) is 30.4 Å². The minimum absolute atomic E-state index is 0.0466. The number of aromatic amines is 1. The van der Waals surface area contributed by atoms with Gasteiger partial charge in [-0.1, -0.05) is 13.8 Å². The normalized spacial score (nSPS) is 14.7. The van der Waals surface area contributed by atoms with Crippen LogP contribution >= 0.6 is 0 Å². The maximum atomic E-state index is 12.7. The van der Waals surface area contributed by atoms with E-state index in [0.717, 1.165) is 0 Å². The molecule has 1 rings (SSSR count). The van der Waals surface area contributed by atoms with Gasteiger partial charge >= 0.3 is 11.9 Å². The van der Waals surface area contributed by atoms with E-state index in [1.54, 1.807) is 13.8 Å². The molecule has 1 aromatic rings. The number of imidazole rings is 1. The van der Waals surface area contributed by atoms with E-state index in [1.807, 2.05) is 0 Å². The van der Waals surface area contributed by atoms with Gasteiger partial charge in [0.25, 0.3) is 0 Å². The van der Waals surface area contributed by atoms with Crippen LogP contribution in [0.25, 0.3) is 0 Å². The van der Waals surface area contributed by atoms with Crippen molar-refractivity contribution in [2.75, 3.05) is 0 Å². The zero-order valence-electron chi connectivity index (χ0n) is 18.1. The first-order chi connectivity index (χ1) is 14.9. The number of amides is 3. The van der Waals surface area contributed by atoms with Crippen molar-refractivity contribution < 1.29 is 34.2 Å². The zero-order chi connectivity index (χ0) is 24.4. The molecule has 1 aromatic heterocycles. The van der Waals surface area contributed by atoms with Crippen LogP contribution in [0.4, 0.5) is 0 Å². The molecule has 0 radical (unpaired) electrons. The van der Waals surface area contributed by atoms with E-state index in [-0.39, 0.29) is 18.8 Å². The van der Waals surface area contributed by atoms with E-state index in [4.69, 9.17) is 10.8 Å². The zero-order valence-corrected chi connectivity index (χ0v) is 18.1. The standard InChI is InChI=1S/C19H30N6O7/c1-9(2)15(20)18(30)23-10(3)16(28)25-13(6-11-7-21-8-22-11)17(29)24-12(19(31)32)4-5-14(26)27/h7-10,12-13,15H,4-6,20H2,1-3H3,(H,21,22)(H,23,30)(H,24,29)(H,25,28)(H,26,27)(H,31,32). The Kier molecular flexibility index (Phi) is 10.3. The van der Waals surface area contributed by atoms with Crippen molar-refractivity contribution in [2.24, 2.45) is 11.7 Å². The van der Waals surface area contributed by atoms with Crippen molar-refractivity contribution >= 4 is 29.7 Å². The number of rotatable bonds is 13. The quantitative estimate of drug-likeness (QED) is 0.181. The van der Waals surface area contributed by atoms with E-state index in [9.17, 15) is 29.1 Å². The maximum Gasteiger partial charge on any atom is 0.326 e. The highest BCUT2D eigenvalue weighted by Crippen LogP contribution is 2.04. The molecule has 3 amide bonds. The van der Waals surface area contributed by atoms with Crippen molar-refractivity contribution in [3.05, 3.63) is 18.2 Å². The van der Waals surface area contributed by atoms with E-state index in [2.05, 4.69) is 25.9 Å². The number of aliphatic carboxylic acids is 2. The molecule has 8 N–H and O–H groups in total. The van der Waals surface area contributed by atoms with Gasteiger partial charge in [-0.05, 0) is 19.3 Å². The molecule has 13 nitrogen and oxygen atoms in total. The molecule has 0 bridgehead atoms. The van der Waals surface area contributed by atoms with E-state index in [1.165, 1.54) is 19.4 Å². The highest BCUT2D eigenvalue weighted by molar-refractivity contribution is 5.94. The maximum absolute atomic E-state index is 12.7. The third-order valence-corrected chi connectivity index (χ3v) is 4.65. The van der Waals surface area contributed by atoms with Crippen molar-refractivity contribution in [1.82, 2.24) is 25.9 Å². The van der Waals surface area contributed by atoms with Crippen molar-refractivity contribution in [3.8, 4) is 0 Å². The van der Waals surface area contributed by atoms with E-state index >= 15 is 0 Å². The van der Waals surface area contributed by atoms with Crippen LogP contribution in [0, 0.1) is 5.92 Å². The highest BCUT2D eigenvalue weighted by Gasteiger charge is 2.29. The molecule has 1 heterocycles. The Bertz CT molecular complexity index is 811. The number of hydrogen-bond donors (Lipinski definition) is 7. The predicted molar refractivity (Wildman–Crippen MR) is 111 cm³/mol. The van der Waals surface area contributed by atoms with Gasteiger partial charge in [0.2, 0.25) is 17.7 Å². The van der Waals surface area contributed by atoms with Crippen LogP contribution in [-0.4, -0.2) is 74.0 Å². The Balaban J connectivity index is 2.89. The van der Waals surface area contributed by atoms with E-state index < -0.39 is 60.2 Å². The van der Waals surface area contributed by atoms with Crippen LogP contribution in [0.5, 0.6) is 0 Å². The number of carboxylic acid groups (broad SMARTS) is 2. The van der Waals surface area contributed by atoms with Gasteiger partial charge in [-0.15, -0.1) is 0 Å². The summed E-state index contributed by atoms with van der Waals surface area (Å²) in [4.78, 5) is 66.1. The minimum Gasteiger partial charge on any atom is -0.481 e. The molecular formula is C19H30N6O7. The third kappa shape index (κ3) is 8.71. The topological polar surface area (TPSA) is 217 Å². The molecule has 0 saturated heterocycles. The molecule has 0 fully saturated rings. The van der Waals surface area contributed by atoms with Gasteiger partial charge in [0, 0.05) is 24.7 Å². The summed E-state index contributed by atoms with van der Waals surface area (Å²) in [6.45, 7) is 4.92. The fraction of sp³-hybridized carbons (Fsp3) is 0.579. The van der Waals surface area contributed by atoms with Gasteiger partial charge in [-0.2, -0.15) is 0 Å². The monoisotopic (exact) mass is 454 g/mol. The summed E-state index contributed by atoms with van der Waals surface area (Å²) in [5, 5.41) is 25.2. The third-order valence-electron chi connectivity index (χ3n) is 4.65. The highest BCUT2D eigenvalue weighted by atomic mass is 16.4. The molecule has 0 saturated carbocycles. The summed E-state index contributed by atoms with van der Waals surface area (Å²) >= 11 is 0. The Morgan fingerprint density at radius 3 is 2.12 bits per heavy atom. The fourth-order valence-electron chi connectivity index (χ4n) is 2.60. The number of H-pyrrole nitrogens is 1. The van der Waals surface area contributed by atoms with Gasteiger partial charge in [0.1, 0.15) is 18.1 Å². The lowest BCUT2D eigenvalue weighted by molar-refractivity contribution is -0.143. The predicted octanol–water partition coefficient (Wildman–Crippen LogP) is -1.64. The van der Waals surface area contributed by atoms with Crippen LogP contribution in [0.15, 0.2) is 12.5 Å². The Hall–Kier alpha value is -3.48. The number of carbonyl (C=O) groups is 5. The van der Waals surface area contributed by atoms with Crippen LogP contribution in [0.2, 0.25) is 0 Å². The van der Waals surface area contributed by atoms with Gasteiger partial charge in [-0.25, -0.2) is 9.78 Å². The van der Waals surface area contributed by atoms with Crippen LogP contribution < -0.4 is 21.7 Å². The van der Waals surface area contributed by atoms with E-state index in [0.29, 0.717) is 5.69 Å². The average Bonchev–Trinajstić information content (AvgIpc) is 3.22. The molecule has 0 aliphatic carbocycles. The molecule has 32 heavy (non-hydrogen) atoms. The second-order valence-electron chi connectivity index (χ2n) is 7.67. The summed E-state index contributed by atoms with van der Waals surface area (Å²) in [5.41, 5.74) is 6.25. The molecule has 4 unspecified atom stereocenters. The largest absolute Gasteiger partial charge is 0.481 e.